The second kappa shape index (κ2) is 8.51. The summed E-state index contributed by atoms with van der Waals surface area (Å²) >= 11 is 0. The smallest absolute Gasteiger partial charge is 0.00207 e. The lowest BCUT2D eigenvalue weighted by Gasteiger charge is -2.18. The van der Waals surface area contributed by atoms with Crippen molar-refractivity contribution in [2.24, 2.45) is 0 Å². The molecule has 0 saturated heterocycles. The maximum absolute atomic E-state index is 4.32. The van der Waals surface area contributed by atoms with Crippen molar-refractivity contribution in [2.75, 3.05) is 0 Å². The fourth-order valence-corrected chi connectivity index (χ4v) is 3.59. The number of hydrogen-bond donors (Lipinski definition) is 0. The number of hydrogen-bond acceptors (Lipinski definition) is 0. The molecule has 27 heavy (non-hydrogen) atoms. The highest BCUT2D eigenvalue weighted by Gasteiger charge is 2.15. The highest BCUT2D eigenvalue weighted by molar-refractivity contribution is 6.12. The fourth-order valence-electron chi connectivity index (χ4n) is 3.59. The Morgan fingerprint density at radius 1 is 0.963 bits per heavy atom. The summed E-state index contributed by atoms with van der Waals surface area (Å²) in [7, 11) is 0. The lowest BCUT2D eigenvalue weighted by molar-refractivity contribution is 1.22. The second-order valence-corrected chi connectivity index (χ2v) is 6.55. The van der Waals surface area contributed by atoms with Crippen LogP contribution in [0.3, 0.4) is 0 Å². The third kappa shape index (κ3) is 3.71. The Balaban J connectivity index is 2.37. The van der Waals surface area contributed by atoms with Crippen molar-refractivity contribution in [3.63, 3.8) is 0 Å². The number of rotatable bonds is 6. The predicted octanol–water partition coefficient (Wildman–Crippen LogP) is 8.03. The van der Waals surface area contributed by atoms with E-state index in [1.807, 2.05) is 6.08 Å². The van der Waals surface area contributed by atoms with Crippen molar-refractivity contribution >= 4 is 27.1 Å². The average Bonchev–Trinajstić information content (AvgIpc) is 2.70. The highest BCUT2D eigenvalue weighted by Crippen LogP contribution is 2.38. The van der Waals surface area contributed by atoms with Crippen LogP contribution in [0.2, 0.25) is 0 Å². The zero-order valence-corrected chi connectivity index (χ0v) is 16.2. The van der Waals surface area contributed by atoms with Gasteiger partial charge in [0, 0.05) is 0 Å². The molecular weight excluding hydrogens is 324 g/mol. The molecule has 0 aliphatic carbocycles. The number of allylic oxidation sites excluding steroid dienone is 8. The van der Waals surface area contributed by atoms with Gasteiger partial charge in [-0.25, -0.2) is 0 Å². The van der Waals surface area contributed by atoms with E-state index < -0.39 is 0 Å². The van der Waals surface area contributed by atoms with Gasteiger partial charge in [-0.3, -0.25) is 0 Å². The molecular formula is C27H26. The molecule has 0 spiro atoms. The van der Waals surface area contributed by atoms with E-state index in [4.69, 9.17) is 0 Å². The van der Waals surface area contributed by atoms with Gasteiger partial charge in [0.25, 0.3) is 0 Å². The Morgan fingerprint density at radius 3 is 2.07 bits per heavy atom. The van der Waals surface area contributed by atoms with Crippen LogP contribution in [0.25, 0.3) is 27.1 Å². The summed E-state index contributed by atoms with van der Waals surface area (Å²) in [4.78, 5) is 0. The third-order valence-electron chi connectivity index (χ3n) is 4.80. The van der Waals surface area contributed by atoms with Crippen molar-refractivity contribution in [3.8, 4) is 0 Å². The van der Waals surface area contributed by atoms with Crippen molar-refractivity contribution in [3.05, 3.63) is 115 Å². The van der Waals surface area contributed by atoms with Crippen molar-refractivity contribution in [2.45, 2.75) is 20.3 Å². The van der Waals surface area contributed by atoms with Crippen LogP contribution >= 0.6 is 0 Å². The van der Waals surface area contributed by atoms with Crippen LogP contribution in [0.4, 0.5) is 0 Å². The molecule has 0 unspecified atom stereocenters. The fraction of sp³-hybridized carbons (Fsp3) is 0.111. The van der Waals surface area contributed by atoms with E-state index in [1.54, 1.807) is 0 Å². The zero-order chi connectivity index (χ0) is 19.2. The molecule has 0 fully saturated rings. The molecule has 134 valence electrons. The molecule has 3 aromatic rings. The molecule has 3 aromatic carbocycles. The molecule has 0 nitrogen and oxygen atoms in total. The van der Waals surface area contributed by atoms with Crippen molar-refractivity contribution < 1.29 is 0 Å². The van der Waals surface area contributed by atoms with Gasteiger partial charge in [-0.05, 0) is 63.2 Å². The van der Waals surface area contributed by atoms with E-state index in [0.29, 0.717) is 0 Å². The van der Waals surface area contributed by atoms with Crippen LogP contribution in [0.1, 0.15) is 25.8 Å². The van der Waals surface area contributed by atoms with Crippen LogP contribution in [0.15, 0.2) is 109 Å². The molecule has 0 atom stereocenters. The molecule has 0 bridgehead atoms. The second-order valence-electron chi connectivity index (χ2n) is 6.55. The van der Waals surface area contributed by atoms with E-state index >= 15 is 0 Å². The van der Waals surface area contributed by atoms with Gasteiger partial charge in [-0.15, -0.1) is 0 Å². The van der Waals surface area contributed by atoms with E-state index in [-0.39, 0.29) is 0 Å². The molecule has 3 rings (SSSR count). The number of fused-ring (bicyclic) bond motifs is 2. The first-order chi connectivity index (χ1) is 13.2. The normalized spacial score (nSPS) is 12.8. The van der Waals surface area contributed by atoms with Gasteiger partial charge < -0.3 is 0 Å². The summed E-state index contributed by atoms with van der Waals surface area (Å²) in [5.74, 6) is 0. The van der Waals surface area contributed by atoms with Gasteiger partial charge in [0.05, 0.1) is 0 Å². The maximum Gasteiger partial charge on any atom is -0.00207 e. The van der Waals surface area contributed by atoms with Gasteiger partial charge in [0.2, 0.25) is 0 Å². The Labute approximate surface area is 162 Å². The summed E-state index contributed by atoms with van der Waals surface area (Å²) in [6, 6.07) is 19.4. The minimum absolute atomic E-state index is 0.994. The predicted molar refractivity (Wildman–Crippen MR) is 122 cm³/mol. The quantitative estimate of drug-likeness (QED) is 0.312. The molecule has 0 heterocycles. The van der Waals surface area contributed by atoms with Gasteiger partial charge in [-0.1, -0.05) is 99.0 Å². The first-order valence-electron chi connectivity index (χ1n) is 9.47. The maximum atomic E-state index is 4.32. The summed E-state index contributed by atoms with van der Waals surface area (Å²) in [6.45, 7) is 12.5. The lowest BCUT2D eigenvalue weighted by atomic mass is 9.85. The lowest BCUT2D eigenvalue weighted by Crippen LogP contribution is -1.96. The molecule has 0 heteroatoms. The molecule has 0 amide bonds. The monoisotopic (exact) mass is 350 g/mol. The summed E-state index contributed by atoms with van der Waals surface area (Å²) in [5, 5.41) is 4.98. The molecule has 0 aromatic heterocycles. The standard InChI is InChI=1S/C27H26/c1-5-8-14-20(4)23(7-3)26(13-6-2)27-24-17-11-9-15-21(24)19-22-16-10-12-18-25(22)27/h6-19H,2,4-5H2,1,3H3/b14-8-,23-7-,26-13+. The number of benzene rings is 3. The van der Waals surface area contributed by atoms with Crippen LogP contribution in [-0.2, 0) is 0 Å². The molecule has 0 N–H and O–H groups in total. The van der Waals surface area contributed by atoms with Gasteiger partial charge >= 0.3 is 0 Å². The molecule has 0 aliphatic heterocycles. The average molecular weight is 351 g/mol. The summed E-state index contributed by atoms with van der Waals surface area (Å²) in [5.41, 5.74) is 4.56. The molecule has 0 saturated carbocycles. The Morgan fingerprint density at radius 2 is 1.56 bits per heavy atom. The minimum Gasteiger partial charge on any atom is -0.0990 e. The van der Waals surface area contributed by atoms with Crippen LogP contribution in [0, 0.1) is 0 Å². The zero-order valence-electron chi connectivity index (χ0n) is 16.2. The SMILES string of the molecule is C=C/C=C(\C(=C/C)C(=C)/C=C\CC)c1c2ccccc2cc2ccccc12. The first kappa shape index (κ1) is 18.7. The van der Waals surface area contributed by atoms with E-state index in [1.165, 1.54) is 27.1 Å². The van der Waals surface area contributed by atoms with Gasteiger partial charge in [-0.2, -0.15) is 0 Å². The van der Waals surface area contributed by atoms with Crippen LogP contribution < -0.4 is 0 Å². The van der Waals surface area contributed by atoms with E-state index in [9.17, 15) is 0 Å². The van der Waals surface area contributed by atoms with E-state index in [2.05, 4.69) is 106 Å². The van der Waals surface area contributed by atoms with Crippen LogP contribution in [0.5, 0.6) is 0 Å². The summed E-state index contributed by atoms with van der Waals surface area (Å²) < 4.78 is 0. The van der Waals surface area contributed by atoms with E-state index in [0.717, 1.165) is 23.1 Å². The van der Waals surface area contributed by atoms with Gasteiger partial charge in [0.1, 0.15) is 0 Å². The Bertz CT molecular complexity index is 1030. The Hall–Kier alpha value is -3.12. The van der Waals surface area contributed by atoms with Crippen LogP contribution in [-0.4, -0.2) is 0 Å². The topological polar surface area (TPSA) is 0 Å². The molecule has 0 radical (unpaired) electrons. The van der Waals surface area contributed by atoms with Crippen molar-refractivity contribution in [1.82, 2.24) is 0 Å². The third-order valence-corrected chi connectivity index (χ3v) is 4.80. The highest BCUT2D eigenvalue weighted by atomic mass is 14.2. The Kier molecular flexibility index (Phi) is 5.88. The molecule has 0 aliphatic rings. The summed E-state index contributed by atoms with van der Waals surface area (Å²) in [6.07, 6.45) is 11.4. The van der Waals surface area contributed by atoms with Crippen molar-refractivity contribution in [1.29, 1.82) is 0 Å². The van der Waals surface area contributed by atoms with Gasteiger partial charge in [0.15, 0.2) is 0 Å². The first-order valence-corrected chi connectivity index (χ1v) is 9.47. The minimum atomic E-state index is 0.994. The largest absolute Gasteiger partial charge is 0.0990 e.